The fourth-order valence-corrected chi connectivity index (χ4v) is 1.25. The summed E-state index contributed by atoms with van der Waals surface area (Å²) in [5.74, 6) is 0.487. The van der Waals surface area contributed by atoms with Crippen molar-refractivity contribution in [3.8, 4) is 5.75 Å². The molecular formula is C10H14FNO2. The molecule has 78 valence electrons. The first kappa shape index (κ1) is 10.9. The topological polar surface area (TPSA) is 55.5 Å². The number of ether oxygens (including phenoxy) is 1. The standard InChI is InChI=1S/C10H14FNO2/c1-14-10-3-2-7(9(13)6-12)4-8(10)5-11/h2-4,9,13H,5-6,12H2,1H3. The molecule has 0 fully saturated rings. The Kier molecular flexibility index (Phi) is 3.85. The van der Waals surface area contributed by atoms with Crippen LogP contribution in [0.25, 0.3) is 0 Å². The van der Waals surface area contributed by atoms with Crippen LogP contribution in [0.3, 0.4) is 0 Å². The van der Waals surface area contributed by atoms with Gasteiger partial charge in [0.2, 0.25) is 0 Å². The van der Waals surface area contributed by atoms with Gasteiger partial charge in [0.05, 0.1) is 13.2 Å². The lowest BCUT2D eigenvalue weighted by Crippen LogP contribution is -2.11. The first-order chi connectivity index (χ1) is 6.72. The van der Waals surface area contributed by atoms with E-state index >= 15 is 0 Å². The minimum absolute atomic E-state index is 0.123. The molecule has 1 unspecified atom stereocenters. The summed E-state index contributed by atoms with van der Waals surface area (Å²) in [4.78, 5) is 0. The summed E-state index contributed by atoms with van der Waals surface area (Å²) in [5.41, 5.74) is 6.33. The molecule has 3 nitrogen and oxygen atoms in total. The third-order valence-electron chi connectivity index (χ3n) is 2.06. The Balaban J connectivity index is 3.01. The van der Waals surface area contributed by atoms with Crippen LogP contribution in [0.4, 0.5) is 4.39 Å². The molecule has 0 saturated carbocycles. The second-order valence-electron chi connectivity index (χ2n) is 2.96. The summed E-state index contributed by atoms with van der Waals surface area (Å²) in [6.45, 7) is -0.494. The van der Waals surface area contributed by atoms with Crippen LogP contribution in [0.1, 0.15) is 17.2 Å². The van der Waals surface area contributed by atoms with Gasteiger partial charge in [-0.2, -0.15) is 0 Å². The largest absolute Gasteiger partial charge is 0.496 e. The molecule has 4 heteroatoms. The van der Waals surface area contributed by atoms with Gasteiger partial charge in [-0.3, -0.25) is 0 Å². The SMILES string of the molecule is COc1ccc(C(O)CN)cc1CF. The lowest BCUT2D eigenvalue weighted by molar-refractivity contribution is 0.186. The van der Waals surface area contributed by atoms with Crippen molar-refractivity contribution in [3.05, 3.63) is 29.3 Å². The molecule has 14 heavy (non-hydrogen) atoms. The van der Waals surface area contributed by atoms with Gasteiger partial charge in [-0.1, -0.05) is 6.07 Å². The monoisotopic (exact) mass is 199 g/mol. The minimum atomic E-state index is -0.744. The van der Waals surface area contributed by atoms with Gasteiger partial charge in [0, 0.05) is 12.1 Å². The Hall–Kier alpha value is -1.13. The molecule has 0 aliphatic rings. The Morgan fingerprint density at radius 3 is 2.79 bits per heavy atom. The predicted octanol–water partition coefficient (Wildman–Crippen LogP) is 1.16. The second-order valence-corrected chi connectivity index (χ2v) is 2.96. The molecule has 0 spiro atoms. The maximum Gasteiger partial charge on any atom is 0.124 e. The van der Waals surface area contributed by atoms with Crippen LogP contribution < -0.4 is 10.5 Å². The average Bonchev–Trinajstić information content (AvgIpc) is 2.26. The summed E-state index contributed by atoms with van der Waals surface area (Å²) >= 11 is 0. The van der Waals surface area contributed by atoms with Crippen LogP contribution in [0, 0.1) is 0 Å². The maximum atomic E-state index is 12.5. The number of alkyl halides is 1. The maximum absolute atomic E-state index is 12.5. The van der Waals surface area contributed by atoms with Gasteiger partial charge in [-0.25, -0.2) is 4.39 Å². The summed E-state index contributed by atoms with van der Waals surface area (Å²) in [5, 5.41) is 9.42. The van der Waals surface area contributed by atoms with Crippen LogP contribution in [-0.2, 0) is 6.67 Å². The van der Waals surface area contributed by atoms with E-state index in [1.165, 1.54) is 7.11 Å². The molecule has 0 saturated heterocycles. The van der Waals surface area contributed by atoms with Gasteiger partial charge in [0.25, 0.3) is 0 Å². The number of aliphatic hydroxyl groups excluding tert-OH is 1. The number of hydrogen-bond donors (Lipinski definition) is 2. The normalized spacial score (nSPS) is 12.6. The fourth-order valence-electron chi connectivity index (χ4n) is 1.25. The van der Waals surface area contributed by atoms with E-state index in [0.29, 0.717) is 16.9 Å². The number of rotatable bonds is 4. The number of aliphatic hydroxyl groups is 1. The van der Waals surface area contributed by atoms with Gasteiger partial charge in [-0.05, 0) is 17.7 Å². The fraction of sp³-hybridized carbons (Fsp3) is 0.400. The zero-order valence-electron chi connectivity index (χ0n) is 8.03. The van der Waals surface area contributed by atoms with Crippen LogP contribution >= 0.6 is 0 Å². The zero-order chi connectivity index (χ0) is 10.6. The minimum Gasteiger partial charge on any atom is -0.496 e. The number of halogens is 1. The van der Waals surface area contributed by atoms with E-state index in [-0.39, 0.29) is 6.54 Å². The van der Waals surface area contributed by atoms with Gasteiger partial charge in [0.15, 0.2) is 0 Å². The molecule has 1 rings (SSSR count). The molecule has 3 N–H and O–H groups in total. The van der Waals surface area contributed by atoms with Gasteiger partial charge in [-0.15, -0.1) is 0 Å². The van der Waals surface area contributed by atoms with E-state index in [0.717, 1.165) is 0 Å². The van der Waals surface area contributed by atoms with E-state index in [4.69, 9.17) is 10.5 Å². The molecule has 0 aliphatic carbocycles. The highest BCUT2D eigenvalue weighted by Crippen LogP contribution is 2.23. The highest BCUT2D eigenvalue weighted by molar-refractivity contribution is 5.37. The van der Waals surface area contributed by atoms with E-state index in [1.807, 2.05) is 0 Å². The molecule has 0 heterocycles. The Labute approximate surface area is 82.3 Å². The highest BCUT2D eigenvalue weighted by atomic mass is 19.1. The lowest BCUT2D eigenvalue weighted by atomic mass is 10.1. The molecule has 1 atom stereocenters. The molecule has 0 aromatic heterocycles. The van der Waals surface area contributed by atoms with E-state index in [9.17, 15) is 9.50 Å². The summed E-state index contributed by atoms with van der Waals surface area (Å²) in [6, 6.07) is 4.87. The smallest absolute Gasteiger partial charge is 0.124 e. The van der Waals surface area contributed by atoms with Crippen molar-refractivity contribution >= 4 is 0 Å². The predicted molar refractivity (Wildman–Crippen MR) is 51.8 cm³/mol. The van der Waals surface area contributed by atoms with E-state index in [2.05, 4.69) is 0 Å². The first-order valence-corrected chi connectivity index (χ1v) is 4.33. The highest BCUT2D eigenvalue weighted by Gasteiger charge is 2.09. The van der Waals surface area contributed by atoms with Crippen molar-refractivity contribution in [1.29, 1.82) is 0 Å². The van der Waals surface area contributed by atoms with Crippen molar-refractivity contribution in [2.45, 2.75) is 12.8 Å². The second kappa shape index (κ2) is 4.93. The van der Waals surface area contributed by atoms with Crippen molar-refractivity contribution in [1.82, 2.24) is 0 Å². The third-order valence-corrected chi connectivity index (χ3v) is 2.06. The van der Waals surface area contributed by atoms with Crippen molar-refractivity contribution in [3.63, 3.8) is 0 Å². The van der Waals surface area contributed by atoms with Gasteiger partial charge in [0.1, 0.15) is 12.4 Å². The summed E-state index contributed by atoms with van der Waals surface area (Å²) < 4.78 is 17.5. The van der Waals surface area contributed by atoms with Crippen molar-refractivity contribution in [2.75, 3.05) is 13.7 Å². The number of benzene rings is 1. The average molecular weight is 199 g/mol. The molecule has 1 aromatic carbocycles. The quantitative estimate of drug-likeness (QED) is 0.765. The Bertz CT molecular complexity index is 304. The zero-order valence-corrected chi connectivity index (χ0v) is 8.03. The van der Waals surface area contributed by atoms with Gasteiger partial charge >= 0.3 is 0 Å². The number of methoxy groups -OCH3 is 1. The summed E-state index contributed by atoms with van der Waals surface area (Å²) in [7, 11) is 1.48. The molecule has 0 amide bonds. The number of nitrogens with two attached hydrogens (primary N) is 1. The third kappa shape index (κ3) is 2.21. The van der Waals surface area contributed by atoms with Crippen molar-refractivity contribution in [2.24, 2.45) is 5.73 Å². The van der Waals surface area contributed by atoms with Crippen LogP contribution in [0.15, 0.2) is 18.2 Å². The first-order valence-electron chi connectivity index (χ1n) is 4.33. The van der Waals surface area contributed by atoms with E-state index in [1.54, 1.807) is 18.2 Å². The van der Waals surface area contributed by atoms with Crippen LogP contribution in [-0.4, -0.2) is 18.8 Å². The Morgan fingerprint density at radius 2 is 2.29 bits per heavy atom. The molecule has 0 radical (unpaired) electrons. The molecule has 0 bridgehead atoms. The number of hydrogen-bond acceptors (Lipinski definition) is 3. The van der Waals surface area contributed by atoms with Crippen LogP contribution in [0.5, 0.6) is 5.75 Å². The van der Waals surface area contributed by atoms with Gasteiger partial charge < -0.3 is 15.6 Å². The van der Waals surface area contributed by atoms with Crippen molar-refractivity contribution < 1.29 is 14.2 Å². The summed E-state index contributed by atoms with van der Waals surface area (Å²) in [6.07, 6.45) is -0.744. The molecule has 0 aliphatic heterocycles. The van der Waals surface area contributed by atoms with E-state index < -0.39 is 12.8 Å². The molecule has 1 aromatic rings. The lowest BCUT2D eigenvalue weighted by Gasteiger charge is -2.11. The Morgan fingerprint density at radius 1 is 1.57 bits per heavy atom. The van der Waals surface area contributed by atoms with Crippen LogP contribution in [0.2, 0.25) is 0 Å². The molecular weight excluding hydrogens is 185 g/mol.